The lowest BCUT2D eigenvalue weighted by molar-refractivity contribution is -0.155. The van der Waals surface area contributed by atoms with Gasteiger partial charge in [0.2, 0.25) is 5.91 Å². The van der Waals surface area contributed by atoms with E-state index in [9.17, 15) is 9.59 Å². The second-order valence-electron chi connectivity index (χ2n) is 6.77. The zero-order valence-corrected chi connectivity index (χ0v) is 13.0. The van der Waals surface area contributed by atoms with Gasteiger partial charge in [-0.2, -0.15) is 0 Å². The summed E-state index contributed by atoms with van der Waals surface area (Å²) in [6, 6.07) is -0.350. The van der Waals surface area contributed by atoms with E-state index in [0.717, 1.165) is 44.9 Å². The Morgan fingerprint density at radius 2 is 1.90 bits per heavy atom. The molecular weight excluding hydrogens is 254 g/mol. The normalized spacial score (nSPS) is 25.2. The molecule has 1 aliphatic heterocycles. The van der Waals surface area contributed by atoms with E-state index in [1.807, 2.05) is 0 Å². The molecule has 2 rings (SSSR count). The molecule has 4 nitrogen and oxygen atoms in total. The summed E-state index contributed by atoms with van der Waals surface area (Å²) < 4.78 is 4.86. The maximum absolute atomic E-state index is 13.1. The smallest absolute Gasteiger partial charge is 0.328 e. The molecule has 1 saturated heterocycles. The Bertz CT molecular complexity index is 372. The Hall–Kier alpha value is -1.06. The third-order valence-electron chi connectivity index (χ3n) is 4.80. The van der Waals surface area contributed by atoms with Crippen LogP contribution in [0, 0.1) is 11.3 Å². The number of carbonyl (C=O) groups is 2. The van der Waals surface area contributed by atoms with Crippen LogP contribution in [-0.4, -0.2) is 36.5 Å². The maximum Gasteiger partial charge on any atom is 0.328 e. The van der Waals surface area contributed by atoms with Gasteiger partial charge in [-0.3, -0.25) is 4.79 Å². The van der Waals surface area contributed by atoms with Crippen LogP contribution in [0.2, 0.25) is 0 Å². The van der Waals surface area contributed by atoms with Gasteiger partial charge >= 0.3 is 5.97 Å². The van der Waals surface area contributed by atoms with Gasteiger partial charge in [0, 0.05) is 12.0 Å². The second kappa shape index (κ2) is 6.15. The minimum absolute atomic E-state index is 0.205. The first-order chi connectivity index (χ1) is 9.50. The summed E-state index contributed by atoms with van der Waals surface area (Å²) >= 11 is 0. The quantitative estimate of drug-likeness (QED) is 0.744. The molecule has 1 atom stereocenters. The lowest BCUT2D eigenvalue weighted by atomic mass is 9.77. The van der Waals surface area contributed by atoms with Gasteiger partial charge < -0.3 is 9.64 Å². The Morgan fingerprint density at radius 3 is 2.45 bits per heavy atom. The van der Waals surface area contributed by atoms with Crippen LogP contribution in [0.1, 0.15) is 58.8 Å². The van der Waals surface area contributed by atoms with Crippen LogP contribution < -0.4 is 0 Å². The molecule has 114 valence electrons. The van der Waals surface area contributed by atoms with Gasteiger partial charge in [-0.1, -0.05) is 26.7 Å². The van der Waals surface area contributed by atoms with Crippen molar-refractivity contribution in [2.45, 2.75) is 64.8 Å². The summed E-state index contributed by atoms with van der Waals surface area (Å²) in [5, 5.41) is 0. The number of ether oxygens (including phenoxy) is 1. The number of hydrogen-bond donors (Lipinski definition) is 0. The van der Waals surface area contributed by atoms with Crippen LogP contribution in [0.3, 0.4) is 0 Å². The minimum atomic E-state index is -0.350. The molecule has 4 heteroatoms. The van der Waals surface area contributed by atoms with Crippen LogP contribution in [-0.2, 0) is 14.3 Å². The van der Waals surface area contributed by atoms with Gasteiger partial charge in [-0.05, 0) is 38.0 Å². The predicted octanol–water partition coefficient (Wildman–Crippen LogP) is 2.76. The van der Waals surface area contributed by atoms with Gasteiger partial charge in [-0.15, -0.1) is 0 Å². The fraction of sp³-hybridized carbons (Fsp3) is 0.875. The average molecular weight is 281 g/mol. The molecule has 0 aromatic rings. The van der Waals surface area contributed by atoms with Crippen molar-refractivity contribution in [2.24, 2.45) is 11.3 Å². The molecule has 1 heterocycles. The molecule has 0 spiro atoms. The van der Waals surface area contributed by atoms with Crippen LogP contribution in [0.15, 0.2) is 0 Å². The van der Waals surface area contributed by atoms with Crippen molar-refractivity contribution in [2.75, 3.05) is 13.7 Å². The molecule has 0 bridgehead atoms. The first kappa shape index (κ1) is 15.3. The van der Waals surface area contributed by atoms with E-state index in [2.05, 4.69) is 13.8 Å². The molecular formula is C16H27NO3. The van der Waals surface area contributed by atoms with E-state index in [4.69, 9.17) is 4.74 Å². The molecule has 20 heavy (non-hydrogen) atoms. The number of esters is 1. The molecule has 2 aliphatic rings. The van der Waals surface area contributed by atoms with E-state index in [1.165, 1.54) is 7.11 Å². The van der Waals surface area contributed by atoms with Crippen molar-refractivity contribution in [3.8, 4) is 0 Å². The summed E-state index contributed by atoms with van der Waals surface area (Å²) in [5.74, 6) is 0.460. The number of nitrogens with zero attached hydrogens (tertiary/aromatic N) is 1. The highest BCUT2D eigenvalue weighted by Crippen LogP contribution is 2.45. The van der Waals surface area contributed by atoms with Gasteiger partial charge in [-0.25, -0.2) is 4.79 Å². The average Bonchev–Trinajstić information content (AvgIpc) is 3.05. The number of carbonyl (C=O) groups excluding carboxylic acids is 2. The van der Waals surface area contributed by atoms with Crippen LogP contribution in [0.4, 0.5) is 0 Å². The maximum atomic E-state index is 13.1. The van der Waals surface area contributed by atoms with Gasteiger partial charge in [0.15, 0.2) is 0 Å². The fourth-order valence-corrected chi connectivity index (χ4v) is 4.03. The Kier molecular flexibility index (Phi) is 4.71. The second-order valence-corrected chi connectivity index (χ2v) is 6.77. The lowest BCUT2D eigenvalue weighted by Gasteiger charge is -2.35. The molecule has 1 unspecified atom stereocenters. The summed E-state index contributed by atoms with van der Waals surface area (Å²) in [7, 11) is 1.41. The Labute approximate surface area is 121 Å². The van der Waals surface area contributed by atoms with Crippen molar-refractivity contribution in [3.05, 3.63) is 0 Å². The summed E-state index contributed by atoms with van der Waals surface area (Å²) in [6.07, 6.45) is 6.82. The Balaban J connectivity index is 2.17. The number of methoxy groups -OCH3 is 1. The molecule has 0 aromatic heterocycles. The molecule has 1 amide bonds. The molecule has 2 fully saturated rings. The van der Waals surface area contributed by atoms with Crippen molar-refractivity contribution in [1.29, 1.82) is 0 Å². The fourth-order valence-electron chi connectivity index (χ4n) is 4.03. The van der Waals surface area contributed by atoms with Gasteiger partial charge in [0.25, 0.3) is 0 Å². The van der Waals surface area contributed by atoms with E-state index < -0.39 is 0 Å². The van der Waals surface area contributed by atoms with E-state index >= 15 is 0 Å². The zero-order chi connectivity index (χ0) is 14.8. The van der Waals surface area contributed by atoms with Crippen molar-refractivity contribution >= 4 is 11.9 Å². The van der Waals surface area contributed by atoms with Gasteiger partial charge in [0.1, 0.15) is 6.04 Å². The number of amides is 1. The molecule has 0 N–H and O–H groups in total. The minimum Gasteiger partial charge on any atom is -0.467 e. The summed E-state index contributed by atoms with van der Waals surface area (Å²) in [6.45, 7) is 5.06. The van der Waals surface area contributed by atoms with Crippen LogP contribution in [0.5, 0.6) is 0 Å². The van der Waals surface area contributed by atoms with Crippen molar-refractivity contribution in [3.63, 3.8) is 0 Å². The highest BCUT2D eigenvalue weighted by molar-refractivity contribution is 5.88. The molecule has 0 radical (unpaired) electrons. The van der Waals surface area contributed by atoms with Gasteiger partial charge in [0.05, 0.1) is 7.11 Å². The number of likely N-dealkylation sites (tertiary alicyclic amines) is 1. The first-order valence-corrected chi connectivity index (χ1v) is 7.89. The molecule has 1 saturated carbocycles. The third kappa shape index (κ3) is 2.84. The van der Waals surface area contributed by atoms with Crippen molar-refractivity contribution < 1.29 is 14.3 Å². The number of rotatable bonds is 4. The van der Waals surface area contributed by atoms with E-state index in [1.54, 1.807) is 4.90 Å². The van der Waals surface area contributed by atoms with Crippen LogP contribution >= 0.6 is 0 Å². The largest absolute Gasteiger partial charge is 0.467 e. The number of hydrogen-bond acceptors (Lipinski definition) is 3. The monoisotopic (exact) mass is 281 g/mol. The molecule has 0 aromatic carbocycles. The predicted molar refractivity (Wildman–Crippen MR) is 77.1 cm³/mol. The topological polar surface area (TPSA) is 46.6 Å². The van der Waals surface area contributed by atoms with E-state index in [0.29, 0.717) is 12.5 Å². The van der Waals surface area contributed by atoms with Crippen LogP contribution in [0.25, 0.3) is 0 Å². The highest BCUT2D eigenvalue weighted by Gasteiger charge is 2.47. The standard InChI is InChI=1S/C16H27NO3/c1-12(2)11-16(8-4-5-9-16)15(19)17-10-6-7-13(17)14(18)20-3/h12-13H,4-11H2,1-3H3. The third-order valence-corrected chi connectivity index (χ3v) is 4.80. The summed E-state index contributed by atoms with van der Waals surface area (Å²) in [4.78, 5) is 26.7. The SMILES string of the molecule is COC(=O)C1CCCN1C(=O)C1(CC(C)C)CCCC1. The zero-order valence-electron chi connectivity index (χ0n) is 13.0. The summed E-state index contributed by atoms with van der Waals surface area (Å²) in [5.41, 5.74) is -0.217. The lowest BCUT2D eigenvalue weighted by Crippen LogP contribution is -2.48. The highest BCUT2D eigenvalue weighted by atomic mass is 16.5. The first-order valence-electron chi connectivity index (χ1n) is 7.89. The Morgan fingerprint density at radius 1 is 1.25 bits per heavy atom. The molecule has 1 aliphatic carbocycles. The van der Waals surface area contributed by atoms with Crippen molar-refractivity contribution in [1.82, 2.24) is 4.90 Å². The van der Waals surface area contributed by atoms with E-state index in [-0.39, 0.29) is 23.3 Å².